The van der Waals surface area contributed by atoms with Gasteiger partial charge in [0.05, 0.1) is 18.1 Å². The summed E-state index contributed by atoms with van der Waals surface area (Å²) >= 11 is 5.87. The fraction of sp³-hybridized carbons (Fsp3) is 0.400. The summed E-state index contributed by atoms with van der Waals surface area (Å²) in [6.07, 6.45) is 6.76. The summed E-state index contributed by atoms with van der Waals surface area (Å²) in [6.45, 7) is 0.538. The van der Waals surface area contributed by atoms with Crippen molar-refractivity contribution in [2.75, 3.05) is 6.61 Å². The highest BCUT2D eigenvalue weighted by Gasteiger charge is 2.16. The Kier molecular flexibility index (Phi) is 6.87. The fourth-order valence-corrected chi connectivity index (χ4v) is 3.12. The van der Waals surface area contributed by atoms with Crippen molar-refractivity contribution >= 4 is 17.5 Å². The molecule has 2 aromatic rings. The molecule has 7 heteroatoms. The Morgan fingerprint density at radius 3 is 2.78 bits per heavy atom. The van der Waals surface area contributed by atoms with Gasteiger partial charge in [-0.25, -0.2) is 9.37 Å². The molecule has 1 aromatic heterocycles. The third-order valence-corrected chi connectivity index (χ3v) is 4.65. The molecule has 1 fully saturated rings. The Morgan fingerprint density at radius 2 is 2.07 bits per heavy atom. The molecule has 27 heavy (non-hydrogen) atoms. The Balaban J connectivity index is 1.37. The fourth-order valence-electron chi connectivity index (χ4n) is 2.90. The molecular weight excluding hydrogens is 371 g/mol. The first-order valence-electron chi connectivity index (χ1n) is 9.06. The van der Waals surface area contributed by atoms with E-state index in [1.807, 2.05) is 12.1 Å². The zero-order valence-electron chi connectivity index (χ0n) is 14.9. The van der Waals surface area contributed by atoms with E-state index in [1.54, 1.807) is 6.20 Å². The molecule has 1 saturated carbocycles. The van der Waals surface area contributed by atoms with Gasteiger partial charge in [0.15, 0.2) is 0 Å². The Morgan fingerprint density at radius 1 is 1.26 bits per heavy atom. The molecule has 1 aromatic carbocycles. The molecule has 1 aliphatic carbocycles. The number of rotatable bonds is 8. The zero-order chi connectivity index (χ0) is 19.1. The standard InChI is InChI=1S/C20H22ClFN2O3/c21-17-11-15(22)6-7-18(17)26-10-9-19(25)23-12-14-5-8-20(24-13-14)27-16-3-1-2-4-16/h5-8,11,13,16H,1-4,9-10,12H2,(H,23,25). The highest BCUT2D eigenvalue weighted by atomic mass is 35.5. The maximum atomic E-state index is 13.0. The number of benzene rings is 1. The SMILES string of the molecule is O=C(CCOc1ccc(F)cc1Cl)NCc1ccc(OC2CCCC2)nc1. The molecule has 3 rings (SSSR count). The summed E-state index contributed by atoms with van der Waals surface area (Å²) in [5.74, 6) is 0.396. The van der Waals surface area contributed by atoms with Gasteiger partial charge in [0.1, 0.15) is 17.7 Å². The Labute approximate surface area is 162 Å². The highest BCUT2D eigenvalue weighted by Crippen LogP contribution is 2.25. The summed E-state index contributed by atoms with van der Waals surface area (Å²) in [7, 11) is 0. The maximum Gasteiger partial charge on any atom is 0.223 e. The van der Waals surface area contributed by atoms with Crippen LogP contribution in [0.4, 0.5) is 4.39 Å². The van der Waals surface area contributed by atoms with Crippen molar-refractivity contribution in [3.63, 3.8) is 0 Å². The number of hydrogen-bond donors (Lipinski definition) is 1. The molecule has 0 saturated heterocycles. The van der Waals surface area contributed by atoms with Crippen molar-refractivity contribution in [2.24, 2.45) is 0 Å². The second-order valence-electron chi connectivity index (χ2n) is 6.48. The van der Waals surface area contributed by atoms with Crippen LogP contribution in [0.1, 0.15) is 37.7 Å². The minimum Gasteiger partial charge on any atom is -0.491 e. The van der Waals surface area contributed by atoms with Gasteiger partial charge in [-0.15, -0.1) is 0 Å². The van der Waals surface area contributed by atoms with Crippen LogP contribution in [-0.4, -0.2) is 23.6 Å². The van der Waals surface area contributed by atoms with Gasteiger partial charge in [0, 0.05) is 18.8 Å². The second-order valence-corrected chi connectivity index (χ2v) is 6.89. The lowest BCUT2D eigenvalue weighted by atomic mass is 10.2. The average Bonchev–Trinajstić information content (AvgIpc) is 3.16. The van der Waals surface area contributed by atoms with Crippen LogP contribution < -0.4 is 14.8 Å². The zero-order valence-corrected chi connectivity index (χ0v) is 15.7. The molecule has 0 spiro atoms. The lowest BCUT2D eigenvalue weighted by molar-refractivity contribution is -0.121. The van der Waals surface area contributed by atoms with E-state index in [0.717, 1.165) is 18.4 Å². The topological polar surface area (TPSA) is 60.5 Å². The number of pyridine rings is 1. The number of halogens is 2. The van der Waals surface area contributed by atoms with Gasteiger partial charge in [0.25, 0.3) is 0 Å². The third-order valence-electron chi connectivity index (χ3n) is 4.36. The largest absolute Gasteiger partial charge is 0.491 e. The van der Waals surface area contributed by atoms with Crippen LogP contribution >= 0.6 is 11.6 Å². The monoisotopic (exact) mass is 392 g/mol. The van der Waals surface area contributed by atoms with E-state index < -0.39 is 5.82 Å². The normalized spacial score (nSPS) is 14.1. The number of nitrogens with one attached hydrogen (secondary N) is 1. The van der Waals surface area contributed by atoms with Crippen molar-refractivity contribution < 1.29 is 18.7 Å². The molecule has 1 N–H and O–H groups in total. The van der Waals surface area contributed by atoms with Crippen molar-refractivity contribution in [1.82, 2.24) is 10.3 Å². The predicted octanol–water partition coefficient (Wildman–Crippen LogP) is 4.28. The van der Waals surface area contributed by atoms with E-state index in [-0.39, 0.29) is 30.1 Å². The van der Waals surface area contributed by atoms with Crippen LogP contribution in [0.25, 0.3) is 0 Å². The lowest BCUT2D eigenvalue weighted by Crippen LogP contribution is -2.24. The number of carbonyl (C=O) groups excluding carboxylic acids is 1. The molecule has 5 nitrogen and oxygen atoms in total. The Bertz CT molecular complexity index is 764. The summed E-state index contributed by atoms with van der Waals surface area (Å²) < 4.78 is 24.2. The first-order valence-corrected chi connectivity index (χ1v) is 9.44. The molecular formula is C20H22ClFN2O3. The number of carbonyl (C=O) groups is 1. The summed E-state index contributed by atoms with van der Waals surface area (Å²) in [6, 6.07) is 7.60. The lowest BCUT2D eigenvalue weighted by Gasteiger charge is -2.12. The molecule has 0 unspecified atom stereocenters. The van der Waals surface area contributed by atoms with Crippen LogP contribution in [0.15, 0.2) is 36.5 Å². The minimum atomic E-state index is -0.432. The highest BCUT2D eigenvalue weighted by molar-refractivity contribution is 6.32. The quantitative estimate of drug-likeness (QED) is 0.728. The predicted molar refractivity (Wildman–Crippen MR) is 100 cm³/mol. The first kappa shape index (κ1) is 19.4. The molecule has 1 amide bonds. The minimum absolute atomic E-state index is 0.153. The van der Waals surface area contributed by atoms with Crippen LogP contribution in [0.5, 0.6) is 11.6 Å². The summed E-state index contributed by atoms with van der Waals surface area (Å²) in [4.78, 5) is 16.2. The van der Waals surface area contributed by atoms with Gasteiger partial charge >= 0.3 is 0 Å². The molecule has 144 valence electrons. The van der Waals surface area contributed by atoms with Crippen molar-refractivity contribution in [2.45, 2.75) is 44.8 Å². The van der Waals surface area contributed by atoms with Gasteiger partial charge < -0.3 is 14.8 Å². The van der Waals surface area contributed by atoms with E-state index in [0.29, 0.717) is 18.2 Å². The van der Waals surface area contributed by atoms with Crippen molar-refractivity contribution in [3.8, 4) is 11.6 Å². The molecule has 0 radical (unpaired) electrons. The number of ether oxygens (including phenoxy) is 2. The van der Waals surface area contributed by atoms with Gasteiger partial charge in [-0.1, -0.05) is 17.7 Å². The van der Waals surface area contributed by atoms with E-state index in [1.165, 1.54) is 31.0 Å². The van der Waals surface area contributed by atoms with Gasteiger partial charge in [0.2, 0.25) is 11.8 Å². The van der Waals surface area contributed by atoms with Crippen LogP contribution in [0, 0.1) is 5.82 Å². The Hall–Kier alpha value is -2.34. The van der Waals surface area contributed by atoms with Crippen LogP contribution in [-0.2, 0) is 11.3 Å². The number of nitrogens with zero attached hydrogens (tertiary/aromatic N) is 1. The second kappa shape index (κ2) is 9.55. The van der Waals surface area contributed by atoms with E-state index in [9.17, 15) is 9.18 Å². The van der Waals surface area contributed by atoms with Crippen LogP contribution in [0.2, 0.25) is 5.02 Å². The van der Waals surface area contributed by atoms with Gasteiger partial charge in [-0.3, -0.25) is 4.79 Å². The number of aromatic nitrogens is 1. The molecule has 1 heterocycles. The summed E-state index contributed by atoms with van der Waals surface area (Å²) in [5.41, 5.74) is 0.893. The summed E-state index contributed by atoms with van der Waals surface area (Å²) in [5, 5.41) is 2.99. The van der Waals surface area contributed by atoms with Gasteiger partial charge in [-0.2, -0.15) is 0 Å². The number of amides is 1. The maximum absolute atomic E-state index is 13.0. The smallest absolute Gasteiger partial charge is 0.223 e. The van der Waals surface area contributed by atoms with E-state index in [4.69, 9.17) is 21.1 Å². The molecule has 0 aliphatic heterocycles. The molecule has 1 aliphatic rings. The number of hydrogen-bond acceptors (Lipinski definition) is 4. The van der Waals surface area contributed by atoms with Crippen molar-refractivity contribution in [3.05, 3.63) is 52.9 Å². The first-order chi connectivity index (χ1) is 13.1. The van der Waals surface area contributed by atoms with E-state index in [2.05, 4.69) is 10.3 Å². The van der Waals surface area contributed by atoms with Crippen LogP contribution in [0.3, 0.4) is 0 Å². The average molecular weight is 393 g/mol. The van der Waals surface area contributed by atoms with Crippen molar-refractivity contribution in [1.29, 1.82) is 0 Å². The van der Waals surface area contributed by atoms with Gasteiger partial charge in [-0.05, 0) is 49.4 Å². The molecule has 0 atom stereocenters. The van der Waals surface area contributed by atoms with E-state index >= 15 is 0 Å². The molecule has 0 bridgehead atoms. The third kappa shape index (κ3) is 6.10.